The fourth-order valence-electron chi connectivity index (χ4n) is 3.64. The summed E-state index contributed by atoms with van der Waals surface area (Å²) in [4.78, 5) is 27.6. The van der Waals surface area contributed by atoms with Crippen LogP contribution < -0.4 is 10.9 Å². The average molecular weight is 359 g/mol. The molecule has 0 radical (unpaired) electrons. The van der Waals surface area contributed by atoms with Gasteiger partial charge in [0.05, 0.1) is 5.52 Å². The lowest BCUT2D eigenvalue weighted by Crippen LogP contribution is -2.18. The van der Waals surface area contributed by atoms with E-state index in [4.69, 9.17) is 0 Å². The third kappa shape index (κ3) is 3.12. The number of para-hydroxylation sites is 1. The molecule has 27 heavy (non-hydrogen) atoms. The van der Waals surface area contributed by atoms with Crippen molar-refractivity contribution in [1.29, 1.82) is 0 Å². The summed E-state index contributed by atoms with van der Waals surface area (Å²) in [5, 5.41) is 5.03. The van der Waals surface area contributed by atoms with Crippen LogP contribution in [-0.4, -0.2) is 15.5 Å². The SMILES string of the molecule is CCc1c(C)c2ccc(NC(=O)Cn3ccc4ccccc43)cc2[nH]c1=O. The predicted octanol–water partition coefficient (Wildman–Crippen LogP) is 3.99. The van der Waals surface area contributed by atoms with Crippen molar-refractivity contribution < 1.29 is 4.79 Å². The highest BCUT2D eigenvalue weighted by molar-refractivity contribution is 5.95. The maximum Gasteiger partial charge on any atom is 0.251 e. The van der Waals surface area contributed by atoms with Gasteiger partial charge in [-0.1, -0.05) is 31.2 Å². The Labute approximate surface area is 156 Å². The molecule has 4 aromatic rings. The van der Waals surface area contributed by atoms with Crippen LogP contribution >= 0.6 is 0 Å². The summed E-state index contributed by atoms with van der Waals surface area (Å²) in [6.07, 6.45) is 2.61. The van der Waals surface area contributed by atoms with E-state index in [1.54, 1.807) is 0 Å². The van der Waals surface area contributed by atoms with Crippen molar-refractivity contribution in [1.82, 2.24) is 9.55 Å². The lowest BCUT2D eigenvalue weighted by Gasteiger charge is -2.11. The number of carbonyl (C=O) groups is 1. The first-order valence-corrected chi connectivity index (χ1v) is 9.06. The Balaban J connectivity index is 1.59. The molecule has 136 valence electrons. The van der Waals surface area contributed by atoms with Crippen molar-refractivity contribution in [2.75, 3.05) is 5.32 Å². The van der Waals surface area contributed by atoms with Crippen molar-refractivity contribution in [3.8, 4) is 0 Å². The van der Waals surface area contributed by atoms with Gasteiger partial charge in [-0.3, -0.25) is 9.59 Å². The molecule has 2 aromatic heterocycles. The van der Waals surface area contributed by atoms with Crippen molar-refractivity contribution in [2.45, 2.75) is 26.8 Å². The molecule has 4 rings (SSSR count). The molecule has 0 spiro atoms. The van der Waals surface area contributed by atoms with E-state index in [1.807, 2.05) is 73.1 Å². The Hall–Kier alpha value is -3.34. The number of carbonyl (C=O) groups excluding carboxylic acids is 1. The molecule has 5 heteroatoms. The summed E-state index contributed by atoms with van der Waals surface area (Å²) >= 11 is 0. The van der Waals surface area contributed by atoms with Gasteiger partial charge in [-0.05, 0) is 48.6 Å². The number of nitrogens with one attached hydrogen (secondary N) is 2. The van der Waals surface area contributed by atoms with Crippen LogP contribution in [0.25, 0.3) is 21.8 Å². The standard InChI is InChI=1S/C22H21N3O2/c1-3-17-14(2)18-9-8-16(12-19(18)24-22(17)27)23-21(26)13-25-11-10-15-6-4-5-7-20(15)25/h4-12H,3,13H2,1-2H3,(H,23,26)(H,24,27). The normalized spacial score (nSPS) is 11.2. The minimum atomic E-state index is -0.111. The second kappa shape index (κ2) is 6.76. The Bertz CT molecular complexity index is 1220. The van der Waals surface area contributed by atoms with Crippen molar-refractivity contribution >= 4 is 33.4 Å². The minimum Gasteiger partial charge on any atom is -0.338 e. The molecule has 2 aromatic carbocycles. The number of anilines is 1. The van der Waals surface area contributed by atoms with Gasteiger partial charge >= 0.3 is 0 Å². The number of benzene rings is 2. The highest BCUT2D eigenvalue weighted by atomic mass is 16.2. The zero-order valence-electron chi connectivity index (χ0n) is 15.4. The molecule has 0 saturated heterocycles. The molecule has 0 aliphatic carbocycles. The molecule has 0 saturated carbocycles. The van der Waals surface area contributed by atoms with Gasteiger partial charge in [0, 0.05) is 28.4 Å². The van der Waals surface area contributed by atoms with E-state index in [0.717, 1.165) is 32.9 Å². The van der Waals surface area contributed by atoms with E-state index >= 15 is 0 Å². The smallest absolute Gasteiger partial charge is 0.251 e. The zero-order chi connectivity index (χ0) is 19.0. The van der Waals surface area contributed by atoms with E-state index in [0.29, 0.717) is 12.1 Å². The molecule has 0 aliphatic rings. The number of hydrogen-bond donors (Lipinski definition) is 2. The first-order chi connectivity index (χ1) is 13.1. The van der Waals surface area contributed by atoms with E-state index in [9.17, 15) is 9.59 Å². The molecule has 0 fully saturated rings. The van der Waals surface area contributed by atoms with Crippen LogP contribution in [0.2, 0.25) is 0 Å². The summed E-state index contributed by atoms with van der Waals surface area (Å²) in [6.45, 7) is 4.17. The number of fused-ring (bicyclic) bond motifs is 2. The van der Waals surface area contributed by atoms with Crippen LogP contribution in [0.3, 0.4) is 0 Å². The van der Waals surface area contributed by atoms with Crippen LogP contribution in [0.4, 0.5) is 5.69 Å². The Morgan fingerprint density at radius 2 is 1.96 bits per heavy atom. The molecule has 2 heterocycles. The molecule has 5 nitrogen and oxygen atoms in total. The summed E-state index contributed by atoms with van der Waals surface area (Å²) in [5.74, 6) is -0.111. The Morgan fingerprint density at radius 3 is 2.78 bits per heavy atom. The predicted molar refractivity (Wildman–Crippen MR) is 109 cm³/mol. The van der Waals surface area contributed by atoms with Crippen molar-refractivity contribution in [3.05, 3.63) is 76.2 Å². The molecular weight excluding hydrogens is 338 g/mol. The maximum atomic E-state index is 12.5. The van der Waals surface area contributed by atoms with Gasteiger partial charge < -0.3 is 14.9 Å². The molecule has 0 bridgehead atoms. The summed E-state index contributed by atoms with van der Waals surface area (Å²) in [5.41, 5.74) is 4.16. The first kappa shape index (κ1) is 17.1. The number of amides is 1. The summed E-state index contributed by atoms with van der Waals surface area (Å²) < 4.78 is 1.92. The fraction of sp³-hybridized carbons (Fsp3) is 0.182. The van der Waals surface area contributed by atoms with Gasteiger partial charge in [0.2, 0.25) is 5.91 Å². The largest absolute Gasteiger partial charge is 0.338 e. The van der Waals surface area contributed by atoms with Gasteiger partial charge in [-0.2, -0.15) is 0 Å². The topological polar surface area (TPSA) is 66.9 Å². The number of aromatic nitrogens is 2. The number of pyridine rings is 1. The Morgan fingerprint density at radius 1 is 1.15 bits per heavy atom. The van der Waals surface area contributed by atoms with Crippen LogP contribution in [-0.2, 0) is 17.8 Å². The number of aromatic amines is 1. The average Bonchev–Trinajstić information content (AvgIpc) is 3.05. The zero-order valence-corrected chi connectivity index (χ0v) is 15.4. The van der Waals surface area contributed by atoms with E-state index in [2.05, 4.69) is 10.3 Å². The lowest BCUT2D eigenvalue weighted by atomic mass is 10.0. The summed E-state index contributed by atoms with van der Waals surface area (Å²) in [6, 6.07) is 15.6. The number of hydrogen-bond acceptors (Lipinski definition) is 2. The van der Waals surface area contributed by atoms with Gasteiger partial charge in [0.1, 0.15) is 6.54 Å². The number of rotatable bonds is 4. The van der Waals surface area contributed by atoms with Gasteiger partial charge in [0.15, 0.2) is 0 Å². The second-order valence-corrected chi connectivity index (χ2v) is 6.72. The highest BCUT2D eigenvalue weighted by Crippen LogP contribution is 2.22. The molecule has 0 aliphatic heterocycles. The number of H-pyrrole nitrogens is 1. The van der Waals surface area contributed by atoms with Crippen molar-refractivity contribution in [3.63, 3.8) is 0 Å². The summed E-state index contributed by atoms with van der Waals surface area (Å²) in [7, 11) is 0. The van der Waals surface area contributed by atoms with Gasteiger partial charge in [-0.25, -0.2) is 0 Å². The number of aryl methyl sites for hydroxylation is 1. The lowest BCUT2D eigenvalue weighted by molar-refractivity contribution is -0.116. The highest BCUT2D eigenvalue weighted by Gasteiger charge is 2.10. The number of nitrogens with zero attached hydrogens (tertiary/aromatic N) is 1. The molecule has 0 atom stereocenters. The van der Waals surface area contributed by atoms with Crippen molar-refractivity contribution in [2.24, 2.45) is 0 Å². The minimum absolute atomic E-state index is 0.0650. The molecular formula is C22H21N3O2. The fourth-order valence-corrected chi connectivity index (χ4v) is 3.64. The first-order valence-electron chi connectivity index (χ1n) is 9.06. The quantitative estimate of drug-likeness (QED) is 0.578. The van der Waals surface area contributed by atoms with Crippen LogP contribution in [0.1, 0.15) is 18.1 Å². The van der Waals surface area contributed by atoms with Crippen LogP contribution in [0, 0.1) is 6.92 Å². The molecule has 1 amide bonds. The van der Waals surface area contributed by atoms with E-state index < -0.39 is 0 Å². The van der Waals surface area contributed by atoms with E-state index in [1.165, 1.54) is 0 Å². The second-order valence-electron chi connectivity index (χ2n) is 6.72. The van der Waals surface area contributed by atoms with Gasteiger partial charge in [-0.15, -0.1) is 0 Å². The molecule has 0 unspecified atom stereocenters. The third-order valence-electron chi connectivity index (χ3n) is 5.03. The molecule has 2 N–H and O–H groups in total. The maximum absolute atomic E-state index is 12.5. The Kier molecular flexibility index (Phi) is 4.28. The van der Waals surface area contributed by atoms with Crippen LogP contribution in [0.15, 0.2) is 59.5 Å². The van der Waals surface area contributed by atoms with Crippen LogP contribution in [0.5, 0.6) is 0 Å². The van der Waals surface area contributed by atoms with E-state index in [-0.39, 0.29) is 18.0 Å². The third-order valence-corrected chi connectivity index (χ3v) is 5.03. The monoisotopic (exact) mass is 359 g/mol. The van der Waals surface area contributed by atoms with Gasteiger partial charge in [0.25, 0.3) is 5.56 Å².